The van der Waals surface area contributed by atoms with Crippen LogP contribution in [0.1, 0.15) is 155 Å². The van der Waals surface area contributed by atoms with E-state index in [1.54, 1.807) is 6.92 Å². The third-order valence-electron chi connectivity index (χ3n) is 6.75. The van der Waals surface area contributed by atoms with Crippen molar-refractivity contribution in [3.8, 4) is 0 Å². The Hall–Kier alpha value is -1.08. The monoisotopic (exact) mass is 558 g/mol. The second-order valence-electron chi connectivity index (χ2n) is 10.5. The molecule has 0 rings (SSSR count). The molecule has 1 N–H and O–H groups in total. The molecule has 0 amide bonds. The lowest BCUT2D eigenvalue weighted by Crippen LogP contribution is -2.28. The molecule has 0 spiro atoms. The molecule has 38 heavy (non-hydrogen) atoms. The fraction of sp³-hybridized carbons (Fsp3) is 0.903. The van der Waals surface area contributed by atoms with Crippen molar-refractivity contribution in [3.05, 3.63) is 0 Å². The molecule has 0 aliphatic carbocycles. The zero-order chi connectivity index (χ0) is 28.1. The molecule has 0 aromatic carbocycles. The van der Waals surface area contributed by atoms with Crippen LogP contribution in [0.5, 0.6) is 0 Å². The van der Waals surface area contributed by atoms with E-state index in [1.165, 1.54) is 95.2 Å². The maximum absolute atomic E-state index is 12.0. The smallest absolute Gasteiger partial charge is 0.306 e. The Morgan fingerprint density at radius 3 is 1.50 bits per heavy atom. The highest BCUT2D eigenvalue weighted by molar-refractivity contribution is 8.13. The first kappa shape index (κ1) is 36.9. The summed E-state index contributed by atoms with van der Waals surface area (Å²) in [7, 11) is 0. The molecule has 7 heteroatoms. The number of carbonyl (C=O) groups is 3. The van der Waals surface area contributed by atoms with Gasteiger partial charge in [0.2, 0.25) is 0 Å². The Balaban J connectivity index is 3.55. The lowest BCUT2D eigenvalue weighted by Gasteiger charge is -2.15. The van der Waals surface area contributed by atoms with Gasteiger partial charge in [0.15, 0.2) is 11.2 Å². The highest BCUT2D eigenvalue weighted by Gasteiger charge is 2.16. The van der Waals surface area contributed by atoms with Crippen molar-refractivity contribution in [2.24, 2.45) is 0 Å². The van der Waals surface area contributed by atoms with Gasteiger partial charge in [0.05, 0.1) is 6.61 Å². The van der Waals surface area contributed by atoms with Gasteiger partial charge in [-0.2, -0.15) is 0 Å². The molecule has 6 nitrogen and oxygen atoms in total. The fourth-order valence-electron chi connectivity index (χ4n) is 4.39. The second-order valence-corrected chi connectivity index (χ2v) is 11.8. The minimum atomic E-state index is -0.775. The highest BCUT2D eigenvalue weighted by atomic mass is 32.2. The third kappa shape index (κ3) is 27.9. The second kappa shape index (κ2) is 28.9. The van der Waals surface area contributed by atoms with Crippen molar-refractivity contribution >= 4 is 28.8 Å². The topological polar surface area (TPSA) is 89.9 Å². The number of aliphatic hydroxyl groups is 1. The van der Waals surface area contributed by atoms with Crippen LogP contribution in [0.2, 0.25) is 0 Å². The van der Waals surface area contributed by atoms with Gasteiger partial charge in [-0.3, -0.25) is 14.4 Å². The zero-order valence-electron chi connectivity index (χ0n) is 24.7. The number of ether oxygens (including phenoxy) is 2. The molecule has 0 aromatic heterocycles. The molecule has 0 aliphatic heterocycles. The molecule has 0 saturated carbocycles. The van der Waals surface area contributed by atoms with Crippen molar-refractivity contribution in [2.45, 2.75) is 161 Å². The summed E-state index contributed by atoms with van der Waals surface area (Å²) >= 11 is 1.42. The first-order valence-electron chi connectivity index (χ1n) is 15.6. The molecule has 0 unspecified atom stereocenters. The van der Waals surface area contributed by atoms with E-state index in [0.29, 0.717) is 12.8 Å². The zero-order valence-corrected chi connectivity index (χ0v) is 25.5. The molecule has 0 bridgehead atoms. The summed E-state index contributed by atoms with van der Waals surface area (Å²) in [6, 6.07) is 0. The Labute approximate surface area is 237 Å². The van der Waals surface area contributed by atoms with E-state index >= 15 is 0 Å². The molecular weight excluding hydrogens is 500 g/mol. The van der Waals surface area contributed by atoms with Crippen LogP contribution in [0, 0.1) is 0 Å². The van der Waals surface area contributed by atoms with Crippen LogP contribution in [0.15, 0.2) is 0 Å². The van der Waals surface area contributed by atoms with Gasteiger partial charge in [-0.25, -0.2) is 0 Å². The summed E-state index contributed by atoms with van der Waals surface area (Å²) in [5.74, 6) is 0.326. The summed E-state index contributed by atoms with van der Waals surface area (Å²) in [4.78, 5) is 34.9. The van der Waals surface area contributed by atoms with Crippen molar-refractivity contribution < 1.29 is 29.0 Å². The molecule has 0 aliphatic rings. The summed E-state index contributed by atoms with van der Waals surface area (Å²) in [5.41, 5.74) is 0. The van der Waals surface area contributed by atoms with Crippen LogP contribution in [0.3, 0.4) is 0 Å². The van der Waals surface area contributed by atoms with E-state index in [9.17, 15) is 19.5 Å². The Bertz CT molecular complexity index is 569. The van der Waals surface area contributed by atoms with E-state index in [1.807, 2.05) is 0 Å². The van der Waals surface area contributed by atoms with Crippen LogP contribution in [0.25, 0.3) is 0 Å². The van der Waals surface area contributed by atoms with Crippen molar-refractivity contribution in [1.29, 1.82) is 0 Å². The molecule has 0 aromatic rings. The van der Waals surface area contributed by atoms with Crippen molar-refractivity contribution in [3.63, 3.8) is 0 Å². The van der Waals surface area contributed by atoms with Crippen molar-refractivity contribution in [1.82, 2.24) is 0 Å². The van der Waals surface area contributed by atoms with Crippen LogP contribution in [0.4, 0.5) is 0 Å². The lowest BCUT2D eigenvalue weighted by molar-refractivity contribution is -0.161. The highest BCUT2D eigenvalue weighted by Crippen LogP contribution is 2.14. The first-order chi connectivity index (χ1) is 18.5. The third-order valence-corrected chi connectivity index (χ3v) is 7.65. The average Bonchev–Trinajstić information content (AvgIpc) is 2.90. The number of hydrogen-bond acceptors (Lipinski definition) is 7. The Morgan fingerprint density at radius 2 is 1.05 bits per heavy atom. The van der Waals surface area contributed by atoms with Crippen LogP contribution in [-0.2, 0) is 23.9 Å². The van der Waals surface area contributed by atoms with Gasteiger partial charge in [0, 0.05) is 25.5 Å². The number of unbranched alkanes of at least 4 members (excludes halogenated alkanes) is 18. The largest absolute Gasteiger partial charge is 0.462 e. The van der Waals surface area contributed by atoms with Gasteiger partial charge < -0.3 is 14.6 Å². The van der Waals surface area contributed by atoms with Crippen LogP contribution < -0.4 is 0 Å². The predicted molar refractivity (Wildman–Crippen MR) is 158 cm³/mol. The minimum Gasteiger partial charge on any atom is -0.462 e. The molecule has 224 valence electrons. The van der Waals surface area contributed by atoms with Gasteiger partial charge in [-0.1, -0.05) is 128 Å². The number of carbonyl (C=O) groups excluding carboxylic acids is 3. The van der Waals surface area contributed by atoms with Gasteiger partial charge in [-0.05, 0) is 19.3 Å². The van der Waals surface area contributed by atoms with E-state index < -0.39 is 6.10 Å². The quantitative estimate of drug-likeness (QED) is 0.0762. The molecule has 0 fully saturated rings. The minimum absolute atomic E-state index is 0.0768. The Morgan fingerprint density at radius 1 is 0.632 bits per heavy atom. The number of aliphatic hydroxyl groups excluding tert-OH is 1. The number of hydrogen-bond donors (Lipinski definition) is 1. The standard InChI is InChI=1S/C31H58O6S/c1-3-4-5-6-7-8-11-15-18-21-24-31(35)37-29(26-32)27-36-30(34)23-20-17-14-12-9-10-13-16-19-22-25-38-28(2)33/h29,32H,3-27H2,1-2H3/t29-/m0/s1. The molecule has 0 radical (unpaired) electrons. The average molecular weight is 559 g/mol. The Kier molecular flexibility index (Phi) is 28.1. The van der Waals surface area contributed by atoms with Gasteiger partial charge >= 0.3 is 11.9 Å². The summed E-state index contributed by atoms with van der Waals surface area (Å²) in [5, 5.41) is 9.67. The maximum Gasteiger partial charge on any atom is 0.306 e. The summed E-state index contributed by atoms with van der Waals surface area (Å²) in [6.45, 7) is 3.44. The molecular formula is C31H58O6S. The lowest BCUT2D eigenvalue weighted by atomic mass is 10.1. The van der Waals surface area contributed by atoms with Gasteiger partial charge in [0.1, 0.15) is 6.61 Å². The number of esters is 2. The van der Waals surface area contributed by atoms with Crippen LogP contribution in [-0.4, -0.2) is 47.2 Å². The molecule has 0 heterocycles. The first-order valence-corrected chi connectivity index (χ1v) is 16.6. The van der Waals surface area contributed by atoms with E-state index in [4.69, 9.17) is 9.47 Å². The molecule has 1 atom stereocenters. The summed E-state index contributed by atoms with van der Waals surface area (Å²) in [6.07, 6.45) is 23.4. The van der Waals surface area contributed by atoms with Crippen molar-refractivity contribution in [2.75, 3.05) is 19.0 Å². The van der Waals surface area contributed by atoms with Gasteiger partial charge in [0.25, 0.3) is 0 Å². The van der Waals surface area contributed by atoms with E-state index in [0.717, 1.165) is 50.7 Å². The maximum atomic E-state index is 12.0. The van der Waals surface area contributed by atoms with Crippen LogP contribution >= 0.6 is 11.8 Å². The number of thioether (sulfide) groups is 1. The fourth-order valence-corrected chi connectivity index (χ4v) is 5.02. The summed E-state index contributed by atoms with van der Waals surface area (Å²) < 4.78 is 10.5. The van der Waals surface area contributed by atoms with E-state index in [-0.39, 0.29) is 30.3 Å². The SMILES string of the molecule is CCCCCCCCCCCCC(=O)O[C@@H](CO)COC(=O)CCCCCCCCCCCCSC(C)=O. The van der Waals surface area contributed by atoms with E-state index in [2.05, 4.69) is 6.92 Å². The normalized spacial score (nSPS) is 11.9. The number of rotatable bonds is 28. The molecule has 0 saturated heterocycles. The van der Waals surface area contributed by atoms with Gasteiger partial charge in [-0.15, -0.1) is 0 Å². The predicted octanol–water partition coefficient (Wildman–Crippen LogP) is 8.32.